The average Bonchev–Trinajstić information content (AvgIpc) is 3.16. The van der Waals surface area contributed by atoms with E-state index in [1.165, 1.54) is 12.1 Å². The maximum atomic E-state index is 12.9. The van der Waals surface area contributed by atoms with Gasteiger partial charge in [0.2, 0.25) is 12.5 Å². The summed E-state index contributed by atoms with van der Waals surface area (Å²) in [5.74, 6) is 1.95. The van der Waals surface area contributed by atoms with Gasteiger partial charge in [0.1, 0.15) is 0 Å². The number of fused-ring (bicyclic) bond motifs is 1. The molecule has 2 aromatic carbocycles. The minimum absolute atomic E-state index is 0.185. The van der Waals surface area contributed by atoms with Crippen molar-refractivity contribution in [3.63, 3.8) is 0 Å². The van der Waals surface area contributed by atoms with E-state index in [1.807, 2.05) is 17.0 Å². The van der Waals surface area contributed by atoms with Crippen molar-refractivity contribution < 1.29 is 27.4 Å². The van der Waals surface area contributed by atoms with E-state index >= 15 is 0 Å². The van der Waals surface area contributed by atoms with Gasteiger partial charge in [0.05, 0.1) is 12.7 Å². The Hall–Kier alpha value is -2.61. The van der Waals surface area contributed by atoms with Crippen LogP contribution in [-0.2, 0) is 12.7 Å². The van der Waals surface area contributed by atoms with Crippen LogP contribution >= 0.6 is 0 Å². The monoisotopic (exact) mass is 394 g/mol. The highest BCUT2D eigenvalue weighted by Crippen LogP contribution is 2.42. The average molecular weight is 394 g/mol. The molecule has 1 fully saturated rings. The van der Waals surface area contributed by atoms with E-state index in [4.69, 9.17) is 14.2 Å². The largest absolute Gasteiger partial charge is 0.493 e. The van der Waals surface area contributed by atoms with Gasteiger partial charge in [-0.3, -0.25) is 4.90 Å². The van der Waals surface area contributed by atoms with Gasteiger partial charge in [0.25, 0.3) is 0 Å². The summed E-state index contributed by atoms with van der Waals surface area (Å²) in [6.07, 6.45) is -4.32. The van der Waals surface area contributed by atoms with E-state index in [9.17, 15) is 13.2 Å². The number of methoxy groups -OCH3 is 1. The second-order valence-electron chi connectivity index (χ2n) is 6.84. The zero-order valence-electron chi connectivity index (χ0n) is 15.5. The predicted molar refractivity (Wildman–Crippen MR) is 98.1 cm³/mol. The number of anilines is 1. The van der Waals surface area contributed by atoms with Gasteiger partial charge in [-0.1, -0.05) is 6.07 Å². The van der Waals surface area contributed by atoms with Gasteiger partial charge >= 0.3 is 6.18 Å². The Morgan fingerprint density at radius 2 is 1.82 bits per heavy atom. The first kappa shape index (κ1) is 18.7. The van der Waals surface area contributed by atoms with Crippen LogP contribution in [0.1, 0.15) is 11.1 Å². The minimum Gasteiger partial charge on any atom is -0.493 e. The maximum Gasteiger partial charge on any atom is 0.416 e. The second-order valence-corrected chi connectivity index (χ2v) is 6.84. The van der Waals surface area contributed by atoms with Crippen LogP contribution in [0, 0.1) is 0 Å². The fraction of sp³-hybridized carbons (Fsp3) is 0.400. The molecule has 2 heterocycles. The lowest BCUT2D eigenvalue weighted by Crippen LogP contribution is -2.46. The highest BCUT2D eigenvalue weighted by molar-refractivity contribution is 5.55. The molecule has 5 nitrogen and oxygen atoms in total. The van der Waals surface area contributed by atoms with Crippen molar-refractivity contribution >= 4 is 5.69 Å². The third kappa shape index (κ3) is 3.82. The number of ether oxygens (including phenoxy) is 3. The van der Waals surface area contributed by atoms with Gasteiger partial charge in [-0.2, -0.15) is 13.2 Å². The van der Waals surface area contributed by atoms with Gasteiger partial charge in [-0.25, -0.2) is 0 Å². The van der Waals surface area contributed by atoms with Gasteiger partial charge in [0.15, 0.2) is 11.5 Å². The van der Waals surface area contributed by atoms with Crippen LogP contribution in [0.15, 0.2) is 36.4 Å². The van der Waals surface area contributed by atoms with E-state index in [1.54, 1.807) is 13.2 Å². The number of hydrogen-bond acceptors (Lipinski definition) is 5. The Balaban J connectivity index is 1.40. The first-order chi connectivity index (χ1) is 13.4. The molecule has 0 bridgehead atoms. The van der Waals surface area contributed by atoms with Crippen LogP contribution in [0.2, 0.25) is 0 Å². The summed E-state index contributed by atoms with van der Waals surface area (Å²) >= 11 is 0. The number of rotatable bonds is 4. The van der Waals surface area contributed by atoms with Crippen molar-refractivity contribution in [2.45, 2.75) is 12.7 Å². The highest BCUT2D eigenvalue weighted by atomic mass is 19.4. The number of alkyl halides is 3. The van der Waals surface area contributed by atoms with Gasteiger partial charge in [-0.15, -0.1) is 0 Å². The summed E-state index contributed by atoms with van der Waals surface area (Å²) in [6, 6.07) is 9.40. The molecular weight excluding hydrogens is 373 g/mol. The zero-order chi connectivity index (χ0) is 19.7. The van der Waals surface area contributed by atoms with E-state index in [0.29, 0.717) is 42.6 Å². The number of hydrogen-bond donors (Lipinski definition) is 0. The Labute approximate surface area is 161 Å². The van der Waals surface area contributed by atoms with E-state index < -0.39 is 11.7 Å². The van der Waals surface area contributed by atoms with Crippen molar-refractivity contribution in [2.75, 3.05) is 45.0 Å². The topological polar surface area (TPSA) is 34.2 Å². The third-order valence-corrected chi connectivity index (χ3v) is 5.04. The summed E-state index contributed by atoms with van der Waals surface area (Å²) in [7, 11) is 1.59. The first-order valence-electron chi connectivity index (χ1n) is 9.05. The molecule has 28 heavy (non-hydrogen) atoms. The molecule has 0 unspecified atom stereocenters. The molecular formula is C20H21F3N2O3. The van der Waals surface area contributed by atoms with Crippen LogP contribution in [0.5, 0.6) is 17.2 Å². The Morgan fingerprint density at radius 1 is 1.04 bits per heavy atom. The van der Waals surface area contributed by atoms with Crippen LogP contribution < -0.4 is 19.1 Å². The molecule has 0 saturated carbocycles. The van der Waals surface area contributed by atoms with E-state index in [0.717, 1.165) is 24.7 Å². The summed E-state index contributed by atoms with van der Waals surface area (Å²) in [5, 5.41) is 0. The summed E-state index contributed by atoms with van der Waals surface area (Å²) in [5.41, 5.74) is 1.05. The highest BCUT2D eigenvalue weighted by Gasteiger charge is 2.31. The van der Waals surface area contributed by atoms with Crippen LogP contribution in [0.3, 0.4) is 0 Å². The molecule has 0 amide bonds. The fourth-order valence-corrected chi connectivity index (χ4v) is 3.58. The molecule has 2 aliphatic heterocycles. The lowest BCUT2D eigenvalue weighted by atomic mass is 10.1. The lowest BCUT2D eigenvalue weighted by molar-refractivity contribution is -0.137. The van der Waals surface area contributed by atoms with Crippen LogP contribution in [0.25, 0.3) is 0 Å². The number of benzene rings is 2. The lowest BCUT2D eigenvalue weighted by Gasteiger charge is -2.36. The predicted octanol–water partition coefficient (Wildman–Crippen LogP) is 3.76. The molecule has 0 aromatic heterocycles. The summed E-state index contributed by atoms with van der Waals surface area (Å²) < 4.78 is 55.1. The van der Waals surface area contributed by atoms with E-state index in [-0.39, 0.29) is 6.79 Å². The molecule has 1 saturated heterocycles. The summed E-state index contributed by atoms with van der Waals surface area (Å²) in [4.78, 5) is 4.26. The van der Waals surface area contributed by atoms with Crippen LogP contribution in [0.4, 0.5) is 18.9 Å². The molecule has 0 N–H and O–H groups in total. The Bertz CT molecular complexity index is 849. The molecule has 2 aromatic rings. The molecule has 2 aliphatic rings. The SMILES string of the molecule is COc1cc(CN2CCN(c3cccc(C(F)(F)F)c3)CC2)cc2c1OCO2. The number of piperazine rings is 1. The molecule has 0 atom stereocenters. The normalized spacial score (nSPS) is 17.1. The third-order valence-electron chi connectivity index (χ3n) is 5.04. The van der Waals surface area contributed by atoms with E-state index in [2.05, 4.69) is 4.90 Å². The molecule has 150 valence electrons. The molecule has 0 radical (unpaired) electrons. The van der Waals surface area contributed by atoms with Crippen molar-refractivity contribution in [2.24, 2.45) is 0 Å². The maximum absolute atomic E-state index is 12.9. The second kappa shape index (κ2) is 7.43. The summed E-state index contributed by atoms with van der Waals surface area (Å²) in [6.45, 7) is 3.75. The molecule has 0 spiro atoms. The van der Waals surface area contributed by atoms with Crippen molar-refractivity contribution in [3.8, 4) is 17.2 Å². The van der Waals surface area contributed by atoms with Crippen molar-refractivity contribution in [1.82, 2.24) is 4.90 Å². The van der Waals surface area contributed by atoms with Gasteiger partial charge < -0.3 is 19.1 Å². The quantitative estimate of drug-likeness (QED) is 0.789. The smallest absolute Gasteiger partial charge is 0.416 e. The van der Waals surface area contributed by atoms with Crippen molar-refractivity contribution in [3.05, 3.63) is 47.5 Å². The first-order valence-corrected chi connectivity index (χ1v) is 9.05. The zero-order valence-corrected chi connectivity index (χ0v) is 15.5. The van der Waals surface area contributed by atoms with Crippen molar-refractivity contribution in [1.29, 1.82) is 0 Å². The Kier molecular flexibility index (Phi) is 4.97. The van der Waals surface area contributed by atoms with Crippen LogP contribution in [-0.4, -0.2) is 45.0 Å². The molecule has 8 heteroatoms. The fourth-order valence-electron chi connectivity index (χ4n) is 3.58. The molecule has 0 aliphatic carbocycles. The number of nitrogens with zero attached hydrogens (tertiary/aromatic N) is 2. The standard InChI is InChI=1S/C20H21F3N2O3/c1-26-17-9-14(10-18-19(17)28-13-27-18)12-24-5-7-25(8-6-24)16-4-2-3-15(11-16)20(21,22)23/h2-4,9-11H,5-8,12-13H2,1H3. The minimum atomic E-state index is -4.32. The molecule has 4 rings (SSSR count). The Morgan fingerprint density at radius 3 is 2.54 bits per heavy atom. The van der Waals surface area contributed by atoms with Gasteiger partial charge in [-0.05, 0) is 35.9 Å². The number of halogens is 3. The van der Waals surface area contributed by atoms with Gasteiger partial charge in [0, 0.05) is 38.4 Å².